The number of fused-ring (bicyclic) bond motifs is 2. The van der Waals surface area contributed by atoms with Gasteiger partial charge in [0.25, 0.3) is 5.91 Å². The van der Waals surface area contributed by atoms with E-state index in [9.17, 15) is 9.59 Å². The average molecular weight is 463 g/mol. The molecule has 2 atom stereocenters. The molecule has 9 heteroatoms. The summed E-state index contributed by atoms with van der Waals surface area (Å²) in [5, 5.41) is 12.9. The molecule has 2 aromatic carbocycles. The first-order valence-electron chi connectivity index (χ1n) is 11.0. The van der Waals surface area contributed by atoms with Crippen LogP contribution in [0.4, 0.5) is 5.13 Å². The van der Waals surface area contributed by atoms with Crippen LogP contribution in [0.2, 0.25) is 0 Å². The molecule has 8 nitrogen and oxygen atoms in total. The van der Waals surface area contributed by atoms with Gasteiger partial charge in [0.2, 0.25) is 17.8 Å². The van der Waals surface area contributed by atoms with Crippen LogP contribution in [0.25, 0.3) is 0 Å². The number of aromatic nitrogens is 2. The van der Waals surface area contributed by atoms with Crippen molar-refractivity contribution in [3.05, 3.63) is 64.2 Å². The molecule has 6 rings (SSSR count). The second-order valence-corrected chi connectivity index (χ2v) is 9.61. The van der Waals surface area contributed by atoms with E-state index in [1.165, 1.54) is 17.8 Å². The Bertz CT molecular complexity index is 1250. The fraction of sp³-hybridized carbons (Fsp3) is 0.333. The smallest absolute Gasteiger partial charge is 0.254 e. The van der Waals surface area contributed by atoms with E-state index < -0.39 is 12.0 Å². The molecule has 0 spiro atoms. The lowest BCUT2D eigenvalue weighted by atomic mass is 9.79. The summed E-state index contributed by atoms with van der Waals surface area (Å²) in [4.78, 5) is 28.5. The predicted molar refractivity (Wildman–Crippen MR) is 122 cm³/mol. The van der Waals surface area contributed by atoms with Crippen molar-refractivity contribution in [3.63, 3.8) is 0 Å². The molecule has 3 heterocycles. The largest absolute Gasteiger partial charge is 0.454 e. The Kier molecular flexibility index (Phi) is 4.79. The zero-order valence-electron chi connectivity index (χ0n) is 18.0. The Balaban J connectivity index is 1.38. The molecule has 0 radical (unpaired) electrons. The van der Waals surface area contributed by atoms with Crippen molar-refractivity contribution in [1.29, 1.82) is 0 Å². The maximum atomic E-state index is 13.7. The second kappa shape index (κ2) is 7.84. The van der Waals surface area contributed by atoms with Gasteiger partial charge in [-0.1, -0.05) is 42.0 Å². The molecule has 1 fully saturated rings. The van der Waals surface area contributed by atoms with Gasteiger partial charge in [-0.25, -0.2) is 0 Å². The summed E-state index contributed by atoms with van der Waals surface area (Å²) in [6.07, 6.45) is 3.46. The number of nitrogens with one attached hydrogen (secondary N) is 1. The molecule has 2 unspecified atom stereocenters. The predicted octanol–water partition coefficient (Wildman–Crippen LogP) is 4.08. The summed E-state index contributed by atoms with van der Waals surface area (Å²) in [6.45, 7) is 0.158. The Morgan fingerprint density at radius 3 is 2.76 bits per heavy atom. The molecule has 2 amide bonds. The van der Waals surface area contributed by atoms with E-state index in [4.69, 9.17) is 9.47 Å². The third kappa shape index (κ3) is 3.34. The van der Waals surface area contributed by atoms with Gasteiger partial charge in [0.15, 0.2) is 11.5 Å². The number of amides is 2. The number of rotatable bonds is 4. The van der Waals surface area contributed by atoms with E-state index in [1.807, 2.05) is 36.4 Å². The SMILES string of the molecule is CN1C(=O)c2ccccc2C(C(=O)Nc2nnc(C3CCC3)s2)C1c1ccc2c(c1)OCO2. The van der Waals surface area contributed by atoms with Crippen LogP contribution in [-0.2, 0) is 4.79 Å². The topological polar surface area (TPSA) is 93.7 Å². The van der Waals surface area contributed by atoms with Crippen molar-refractivity contribution < 1.29 is 19.1 Å². The van der Waals surface area contributed by atoms with E-state index in [0.717, 1.165) is 23.4 Å². The Labute approximate surface area is 194 Å². The van der Waals surface area contributed by atoms with E-state index in [2.05, 4.69) is 15.5 Å². The van der Waals surface area contributed by atoms with Gasteiger partial charge in [-0.3, -0.25) is 14.9 Å². The van der Waals surface area contributed by atoms with Crippen LogP contribution < -0.4 is 14.8 Å². The molecule has 1 aromatic heterocycles. The highest BCUT2D eigenvalue weighted by Gasteiger charge is 2.43. The maximum absolute atomic E-state index is 13.7. The average Bonchev–Trinajstić information content (AvgIpc) is 3.43. The summed E-state index contributed by atoms with van der Waals surface area (Å²) in [7, 11) is 1.73. The second-order valence-electron chi connectivity index (χ2n) is 8.60. The van der Waals surface area contributed by atoms with Gasteiger partial charge in [-0.05, 0) is 42.2 Å². The minimum Gasteiger partial charge on any atom is -0.454 e. The van der Waals surface area contributed by atoms with Gasteiger partial charge >= 0.3 is 0 Å². The lowest BCUT2D eigenvalue weighted by molar-refractivity contribution is -0.119. The van der Waals surface area contributed by atoms with Crippen molar-refractivity contribution >= 4 is 28.3 Å². The first-order valence-corrected chi connectivity index (χ1v) is 11.8. The molecule has 1 N–H and O–H groups in total. The van der Waals surface area contributed by atoms with Gasteiger partial charge in [-0.2, -0.15) is 0 Å². The van der Waals surface area contributed by atoms with Crippen LogP contribution >= 0.6 is 11.3 Å². The fourth-order valence-corrected chi connectivity index (χ4v) is 5.67. The summed E-state index contributed by atoms with van der Waals surface area (Å²) >= 11 is 1.43. The molecular weight excluding hydrogens is 440 g/mol. The number of carbonyl (C=O) groups excluding carboxylic acids is 2. The molecule has 2 aliphatic heterocycles. The number of nitrogens with zero attached hydrogens (tertiary/aromatic N) is 3. The van der Waals surface area contributed by atoms with Crippen molar-refractivity contribution in [3.8, 4) is 11.5 Å². The van der Waals surface area contributed by atoms with Crippen molar-refractivity contribution in [2.24, 2.45) is 0 Å². The van der Waals surface area contributed by atoms with Gasteiger partial charge in [0, 0.05) is 18.5 Å². The number of anilines is 1. The third-order valence-electron chi connectivity index (χ3n) is 6.73. The highest BCUT2D eigenvalue weighted by atomic mass is 32.1. The summed E-state index contributed by atoms with van der Waals surface area (Å²) in [5.41, 5.74) is 2.03. The molecule has 0 bridgehead atoms. The van der Waals surface area contributed by atoms with Crippen molar-refractivity contribution in [1.82, 2.24) is 15.1 Å². The Morgan fingerprint density at radius 1 is 1.12 bits per heavy atom. The maximum Gasteiger partial charge on any atom is 0.254 e. The number of benzene rings is 2. The Morgan fingerprint density at radius 2 is 1.94 bits per heavy atom. The minimum absolute atomic E-state index is 0.125. The lowest BCUT2D eigenvalue weighted by Crippen LogP contribution is -2.44. The molecular formula is C24H22N4O4S. The molecule has 1 saturated carbocycles. The van der Waals surface area contributed by atoms with Gasteiger partial charge in [0.05, 0.1) is 12.0 Å². The molecule has 3 aromatic rings. The van der Waals surface area contributed by atoms with E-state index in [-0.39, 0.29) is 18.6 Å². The number of hydrogen-bond acceptors (Lipinski definition) is 7. The standard InChI is InChI=1S/C24H22N4O4S/c1-28-20(14-9-10-17-18(11-14)32-12-31-17)19(15-7-2-3-8-16(15)23(28)30)21(29)25-24-27-26-22(33-24)13-5-4-6-13/h2-3,7-11,13,19-20H,4-6,12H2,1H3,(H,25,27,29). The number of hydrogen-bond donors (Lipinski definition) is 1. The van der Waals surface area contributed by atoms with Crippen LogP contribution in [0.1, 0.15) is 63.6 Å². The zero-order chi connectivity index (χ0) is 22.5. The highest BCUT2D eigenvalue weighted by molar-refractivity contribution is 7.15. The first-order chi connectivity index (χ1) is 16.1. The summed E-state index contributed by atoms with van der Waals surface area (Å²) in [5.74, 6) is 0.748. The van der Waals surface area contributed by atoms with Crippen LogP contribution in [0, 0.1) is 0 Å². The van der Waals surface area contributed by atoms with Crippen molar-refractivity contribution in [2.45, 2.75) is 37.1 Å². The monoisotopic (exact) mass is 462 g/mol. The van der Waals surface area contributed by atoms with Crippen LogP contribution in [0.5, 0.6) is 11.5 Å². The molecule has 0 saturated heterocycles. The van der Waals surface area contributed by atoms with Gasteiger partial charge < -0.3 is 14.4 Å². The normalized spacial score (nSPS) is 21.5. The van der Waals surface area contributed by atoms with Crippen molar-refractivity contribution in [2.75, 3.05) is 19.2 Å². The molecule has 1 aliphatic carbocycles. The molecule has 168 valence electrons. The van der Waals surface area contributed by atoms with Crippen LogP contribution in [0.3, 0.4) is 0 Å². The van der Waals surface area contributed by atoms with Gasteiger partial charge in [-0.15, -0.1) is 10.2 Å². The van der Waals surface area contributed by atoms with Crippen LogP contribution in [0.15, 0.2) is 42.5 Å². The van der Waals surface area contributed by atoms with Gasteiger partial charge in [0.1, 0.15) is 5.01 Å². The molecule has 33 heavy (non-hydrogen) atoms. The van der Waals surface area contributed by atoms with E-state index >= 15 is 0 Å². The number of likely N-dealkylation sites (N-methyl/N-ethyl adjacent to an activating group) is 1. The fourth-order valence-electron chi connectivity index (χ4n) is 4.76. The minimum atomic E-state index is -0.625. The molecule has 3 aliphatic rings. The van der Waals surface area contributed by atoms with E-state index in [1.54, 1.807) is 18.0 Å². The highest BCUT2D eigenvalue weighted by Crippen LogP contribution is 2.45. The zero-order valence-corrected chi connectivity index (χ0v) is 18.8. The summed E-state index contributed by atoms with van der Waals surface area (Å²) < 4.78 is 11.0. The lowest BCUT2D eigenvalue weighted by Gasteiger charge is -2.39. The quantitative estimate of drug-likeness (QED) is 0.628. The first kappa shape index (κ1) is 20.2. The summed E-state index contributed by atoms with van der Waals surface area (Å²) in [6, 6.07) is 12.3. The van der Waals surface area contributed by atoms with Crippen LogP contribution in [-0.4, -0.2) is 40.8 Å². The number of carbonyl (C=O) groups is 2. The number of ether oxygens (including phenoxy) is 2. The van der Waals surface area contributed by atoms with E-state index in [0.29, 0.717) is 33.7 Å². The Hall–Kier alpha value is -3.46. The third-order valence-corrected chi connectivity index (χ3v) is 7.73.